The molecule has 2 nitrogen and oxygen atoms in total. The molecule has 2 rings (SSSR count). The quantitative estimate of drug-likeness (QED) is 0.669. The van der Waals surface area contributed by atoms with Crippen molar-refractivity contribution in [3.63, 3.8) is 0 Å². The van der Waals surface area contributed by atoms with E-state index in [0.29, 0.717) is 0 Å². The lowest BCUT2D eigenvalue weighted by molar-refractivity contribution is 0.334. The maximum absolute atomic E-state index is 3.59. The van der Waals surface area contributed by atoms with E-state index in [-0.39, 0.29) is 0 Å². The van der Waals surface area contributed by atoms with Crippen LogP contribution in [0.4, 0.5) is 0 Å². The topological polar surface area (TPSA) is 15.3 Å². The predicted octanol–water partition coefficient (Wildman–Crippen LogP) is 2.64. The van der Waals surface area contributed by atoms with Crippen molar-refractivity contribution in [3.8, 4) is 0 Å². The van der Waals surface area contributed by atoms with Crippen LogP contribution in [0.25, 0.3) is 0 Å². The summed E-state index contributed by atoms with van der Waals surface area (Å²) in [6, 6.07) is 0. The zero-order valence-corrected chi connectivity index (χ0v) is 10.7. The molecule has 0 spiro atoms. The van der Waals surface area contributed by atoms with Crippen LogP contribution in [0.2, 0.25) is 0 Å². The molecule has 16 heavy (non-hydrogen) atoms. The molecular formula is C14H28N2. The molecule has 1 aliphatic carbocycles. The van der Waals surface area contributed by atoms with Gasteiger partial charge in [0.15, 0.2) is 0 Å². The Bertz CT molecular complexity index is 150. The maximum atomic E-state index is 3.59. The fourth-order valence-corrected chi connectivity index (χ4v) is 3.18. The molecule has 0 radical (unpaired) electrons. The monoisotopic (exact) mass is 224 g/mol. The van der Waals surface area contributed by atoms with Crippen molar-refractivity contribution in [2.24, 2.45) is 5.92 Å². The largest absolute Gasteiger partial charge is 0.315 e. The molecule has 1 aliphatic heterocycles. The number of nitrogens with zero attached hydrogens (tertiary/aromatic N) is 1. The Morgan fingerprint density at radius 3 is 2.44 bits per heavy atom. The second-order valence-electron chi connectivity index (χ2n) is 5.59. The minimum atomic E-state index is 1.07. The summed E-state index contributed by atoms with van der Waals surface area (Å²) in [5, 5.41) is 3.59. The number of hydrogen-bond donors (Lipinski definition) is 1. The molecule has 1 saturated carbocycles. The van der Waals surface area contributed by atoms with Crippen molar-refractivity contribution in [3.05, 3.63) is 0 Å². The molecule has 2 aliphatic rings. The van der Waals surface area contributed by atoms with Crippen molar-refractivity contribution >= 4 is 0 Å². The van der Waals surface area contributed by atoms with Crippen LogP contribution >= 0.6 is 0 Å². The molecule has 94 valence electrons. The molecular weight excluding hydrogens is 196 g/mol. The molecule has 1 heterocycles. The Hall–Kier alpha value is -0.0800. The summed E-state index contributed by atoms with van der Waals surface area (Å²) < 4.78 is 0. The lowest BCUT2D eigenvalue weighted by Crippen LogP contribution is -2.30. The SMILES string of the molecule is C1CCC(CCCNCCN2CCCC2)C1. The molecule has 0 aromatic carbocycles. The van der Waals surface area contributed by atoms with Crippen LogP contribution in [0.1, 0.15) is 51.4 Å². The summed E-state index contributed by atoms with van der Waals surface area (Å²) in [6.07, 6.45) is 11.7. The Morgan fingerprint density at radius 1 is 0.938 bits per heavy atom. The fourth-order valence-electron chi connectivity index (χ4n) is 3.18. The highest BCUT2D eigenvalue weighted by Gasteiger charge is 2.14. The van der Waals surface area contributed by atoms with E-state index in [4.69, 9.17) is 0 Å². The molecule has 2 heteroatoms. The summed E-state index contributed by atoms with van der Waals surface area (Å²) in [5.74, 6) is 1.07. The zero-order valence-electron chi connectivity index (χ0n) is 10.7. The summed E-state index contributed by atoms with van der Waals surface area (Å²) in [7, 11) is 0. The van der Waals surface area contributed by atoms with Gasteiger partial charge in [0, 0.05) is 13.1 Å². The van der Waals surface area contributed by atoms with E-state index >= 15 is 0 Å². The van der Waals surface area contributed by atoms with Crippen molar-refractivity contribution in [1.82, 2.24) is 10.2 Å². The van der Waals surface area contributed by atoms with Crippen LogP contribution in [-0.2, 0) is 0 Å². The highest BCUT2D eigenvalue weighted by molar-refractivity contribution is 4.69. The van der Waals surface area contributed by atoms with Gasteiger partial charge in [-0.05, 0) is 51.2 Å². The molecule has 0 unspecified atom stereocenters. The van der Waals surface area contributed by atoms with E-state index in [2.05, 4.69) is 10.2 Å². The molecule has 1 N–H and O–H groups in total. The van der Waals surface area contributed by atoms with Crippen LogP contribution in [0, 0.1) is 5.92 Å². The van der Waals surface area contributed by atoms with Gasteiger partial charge in [0.05, 0.1) is 0 Å². The van der Waals surface area contributed by atoms with Gasteiger partial charge in [-0.15, -0.1) is 0 Å². The van der Waals surface area contributed by atoms with Gasteiger partial charge in [0.25, 0.3) is 0 Å². The first kappa shape index (κ1) is 12.4. The van der Waals surface area contributed by atoms with Gasteiger partial charge in [0.2, 0.25) is 0 Å². The fraction of sp³-hybridized carbons (Fsp3) is 1.00. The first-order valence-corrected chi connectivity index (χ1v) is 7.38. The van der Waals surface area contributed by atoms with Gasteiger partial charge in [-0.3, -0.25) is 0 Å². The second-order valence-corrected chi connectivity index (χ2v) is 5.59. The van der Waals surface area contributed by atoms with Crippen LogP contribution in [0.5, 0.6) is 0 Å². The van der Waals surface area contributed by atoms with Crippen molar-refractivity contribution in [1.29, 1.82) is 0 Å². The minimum absolute atomic E-state index is 1.07. The van der Waals surface area contributed by atoms with Crippen LogP contribution in [0.3, 0.4) is 0 Å². The second kappa shape index (κ2) is 7.29. The summed E-state index contributed by atoms with van der Waals surface area (Å²) in [5.41, 5.74) is 0. The molecule has 0 aromatic rings. The zero-order chi connectivity index (χ0) is 11.1. The van der Waals surface area contributed by atoms with E-state index in [1.54, 1.807) is 0 Å². The first-order chi connectivity index (χ1) is 7.95. The van der Waals surface area contributed by atoms with E-state index in [0.717, 1.165) is 5.92 Å². The lowest BCUT2D eigenvalue weighted by Gasteiger charge is -2.15. The minimum Gasteiger partial charge on any atom is -0.315 e. The third-order valence-corrected chi connectivity index (χ3v) is 4.24. The average molecular weight is 224 g/mol. The Labute approximate surface area is 101 Å². The standard InChI is InChI=1S/C14H28N2/c1-2-7-14(6-1)8-5-9-15-10-13-16-11-3-4-12-16/h14-15H,1-13H2. The molecule has 0 atom stereocenters. The highest BCUT2D eigenvalue weighted by Crippen LogP contribution is 2.28. The smallest absolute Gasteiger partial charge is 0.0107 e. The van der Waals surface area contributed by atoms with Crippen LogP contribution < -0.4 is 5.32 Å². The number of hydrogen-bond acceptors (Lipinski definition) is 2. The summed E-state index contributed by atoms with van der Waals surface area (Å²) >= 11 is 0. The predicted molar refractivity (Wildman–Crippen MR) is 69.7 cm³/mol. The lowest BCUT2D eigenvalue weighted by atomic mass is 10.0. The van der Waals surface area contributed by atoms with Gasteiger partial charge in [-0.1, -0.05) is 25.7 Å². The van der Waals surface area contributed by atoms with Gasteiger partial charge in [-0.2, -0.15) is 0 Å². The number of nitrogens with one attached hydrogen (secondary N) is 1. The third-order valence-electron chi connectivity index (χ3n) is 4.24. The van der Waals surface area contributed by atoms with Gasteiger partial charge < -0.3 is 10.2 Å². The first-order valence-electron chi connectivity index (χ1n) is 7.38. The molecule has 0 amide bonds. The van der Waals surface area contributed by atoms with E-state index in [1.165, 1.54) is 84.1 Å². The van der Waals surface area contributed by atoms with Crippen molar-refractivity contribution in [2.75, 3.05) is 32.7 Å². The van der Waals surface area contributed by atoms with E-state index in [1.807, 2.05) is 0 Å². The van der Waals surface area contributed by atoms with Crippen molar-refractivity contribution in [2.45, 2.75) is 51.4 Å². The Balaban J connectivity index is 1.37. The van der Waals surface area contributed by atoms with E-state index < -0.39 is 0 Å². The number of likely N-dealkylation sites (tertiary alicyclic amines) is 1. The Morgan fingerprint density at radius 2 is 1.69 bits per heavy atom. The Kier molecular flexibility index (Phi) is 5.64. The maximum Gasteiger partial charge on any atom is 0.0107 e. The molecule has 0 aromatic heterocycles. The van der Waals surface area contributed by atoms with Crippen LogP contribution in [-0.4, -0.2) is 37.6 Å². The van der Waals surface area contributed by atoms with Gasteiger partial charge in [-0.25, -0.2) is 0 Å². The summed E-state index contributed by atoms with van der Waals surface area (Å²) in [4.78, 5) is 2.59. The van der Waals surface area contributed by atoms with Crippen LogP contribution in [0.15, 0.2) is 0 Å². The molecule has 1 saturated heterocycles. The molecule has 0 bridgehead atoms. The van der Waals surface area contributed by atoms with Gasteiger partial charge in [0.1, 0.15) is 0 Å². The number of rotatable bonds is 7. The van der Waals surface area contributed by atoms with E-state index in [9.17, 15) is 0 Å². The molecule has 2 fully saturated rings. The third kappa shape index (κ3) is 4.42. The normalized spacial score (nSPS) is 23.2. The summed E-state index contributed by atoms with van der Waals surface area (Å²) in [6.45, 7) is 6.38. The highest BCUT2D eigenvalue weighted by atomic mass is 15.1. The van der Waals surface area contributed by atoms with Crippen molar-refractivity contribution < 1.29 is 0 Å². The van der Waals surface area contributed by atoms with Gasteiger partial charge >= 0.3 is 0 Å². The average Bonchev–Trinajstić information content (AvgIpc) is 2.96.